The summed E-state index contributed by atoms with van der Waals surface area (Å²) < 4.78 is 59.1. The van der Waals surface area contributed by atoms with Crippen LogP contribution in [0, 0.1) is 0 Å². The molecule has 0 spiro atoms. The molecule has 0 radical (unpaired) electrons. The van der Waals surface area contributed by atoms with Crippen molar-refractivity contribution in [1.29, 1.82) is 0 Å². The molecule has 0 heterocycles. The van der Waals surface area contributed by atoms with Crippen LogP contribution in [-0.4, -0.2) is 41.8 Å². The van der Waals surface area contributed by atoms with Crippen molar-refractivity contribution in [2.75, 3.05) is 11.5 Å². The Hall–Kier alpha value is 1.52. The fourth-order valence-corrected chi connectivity index (χ4v) is 3.01. The fourth-order valence-electron chi connectivity index (χ4n) is 0.722. The van der Waals surface area contributed by atoms with Gasteiger partial charge in [0.15, 0.2) is 0 Å². The molecule has 112 valence electrons. The standard InChI is InChI=1S/C4H9BrO3S.C4H8O3S.BrH.Na/c1-4(2,5)3-9(6,7)8;1-4(2)3-8(5,6)7;;/h3H2,1-2H3,(H,6,7,8);1,3H2,2H3,(H,5,6,7);1H;/q;;;+1/p-2. The first-order chi connectivity index (χ1) is 7.12. The topological polar surface area (TPSA) is 114 Å². The number of halogens is 2. The Kier molecular flexibility index (Phi) is 16.8. The predicted octanol–water partition coefficient (Wildman–Crippen LogP) is -1.61. The van der Waals surface area contributed by atoms with Gasteiger partial charge in [0.25, 0.3) is 0 Å². The molecule has 0 atom stereocenters. The van der Waals surface area contributed by atoms with Crippen molar-refractivity contribution in [2.45, 2.75) is 25.1 Å². The maximum absolute atomic E-state index is 10.1. The van der Waals surface area contributed by atoms with Crippen LogP contribution in [0.3, 0.4) is 0 Å². The van der Waals surface area contributed by atoms with Gasteiger partial charge in [-0.1, -0.05) is 28.1 Å². The maximum atomic E-state index is 10.1. The van der Waals surface area contributed by atoms with Crippen molar-refractivity contribution in [3.63, 3.8) is 0 Å². The molecular formula is C8H16Br2NaO6S2-. The average Bonchev–Trinajstić information content (AvgIpc) is 1.68. The number of hydrogen-bond acceptors (Lipinski definition) is 6. The summed E-state index contributed by atoms with van der Waals surface area (Å²) in [6.07, 6.45) is 0. The van der Waals surface area contributed by atoms with Crippen molar-refractivity contribution in [1.82, 2.24) is 0 Å². The second kappa shape index (κ2) is 11.1. The quantitative estimate of drug-likeness (QED) is 0.218. The first-order valence-corrected chi connectivity index (χ1v) is 8.27. The summed E-state index contributed by atoms with van der Waals surface area (Å²) in [5.41, 5.74) is 0.375. The van der Waals surface area contributed by atoms with Gasteiger partial charge in [-0.25, -0.2) is 16.8 Å². The Labute approximate surface area is 156 Å². The van der Waals surface area contributed by atoms with Gasteiger partial charge < -0.3 is 9.11 Å². The van der Waals surface area contributed by atoms with Gasteiger partial charge in [0.2, 0.25) is 0 Å². The number of hydrogen-bond donors (Lipinski definition) is 0. The number of alkyl halides is 1. The van der Waals surface area contributed by atoms with Gasteiger partial charge in [-0.2, -0.15) is 0 Å². The van der Waals surface area contributed by atoms with E-state index in [1.165, 1.54) is 6.92 Å². The minimum absolute atomic E-state index is 0. The Morgan fingerprint density at radius 3 is 1.47 bits per heavy atom. The van der Waals surface area contributed by atoms with E-state index < -0.39 is 30.3 Å². The first-order valence-electron chi connectivity index (χ1n) is 4.33. The SMILES string of the molecule is Br.C=C(C)CS(=O)(=O)[O-].CC(C)(Br)CS(=O)(=O)[O-].[Na+]. The third-order valence-corrected chi connectivity index (χ3v) is 3.52. The fraction of sp³-hybridized carbons (Fsp3) is 0.750. The molecule has 0 aromatic rings. The molecule has 19 heavy (non-hydrogen) atoms. The summed E-state index contributed by atoms with van der Waals surface area (Å²) >= 11 is 3.04. The van der Waals surface area contributed by atoms with E-state index >= 15 is 0 Å². The molecule has 0 aliphatic heterocycles. The van der Waals surface area contributed by atoms with E-state index in [4.69, 9.17) is 0 Å². The van der Waals surface area contributed by atoms with Crippen LogP contribution in [-0.2, 0) is 20.2 Å². The molecule has 0 aromatic carbocycles. The van der Waals surface area contributed by atoms with Crippen LogP contribution < -0.4 is 29.6 Å². The van der Waals surface area contributed by atoms with Crippen molar-refractivity contribution in [3.8, 4) is 0 Å². The zero-order valence-electron chi connectivity index (χ0n) is 11.2. The third-order valence-electron chi connectivity index (χ3n) is 0.943. The van der Waals surface area contributed by atoms with Gasteiger partial charge in [0.1, 0.15) is 0 Å². The van der Waals surface area contributed by atoms with E-state index in [-0.39, 0.29) is 52.3 Å². The molecule has 0 fully saturated rings. The van der Waals surface area contributed by atoms with Gasteiger partial charge in [-0.05, 0) is 20.8 Å². The van der Waals surface area contributed by atoms with Crippen LogP contribution in [0.15, 0.2) is 12.2 Å². The zero-order valence-corrected chi connectivity index (χ0v) is 18.1. The molecule has 6 nitrogen and oxygen atoms in total. The monoisotopic (exact) mass is 453 g/mol. The van der Waals surface area contributed by atoms with Crippen molar-refractivity contribution in [3.05, 3.63) is 12.2 Å². The van der Waals surface area contributed by atoms with E-state index in [0.29, 0.717) is 5.57 Å². The van der Waals surface area contributed by atoms with Gasteiger partial charge in [-0.3, -0.25) is 0 Å². The van der Waals surface area contributed by atoms with Crippen LogP contribution in [0.5, 0.6) is 0 Å². The summed E-state index contributed by atoms with van der Waals surface area (Å²) in [6.45, 7) is 8.01. The molecule has 0 amide bonds. The minimum atomic E-state index is -4.08. The Morgan fingerprint density at radius 2 is 1.47 bits per heavy atom. The summed E-state index contributed by atoms with van der Waals surface area (Å²) in [5, 5.41) is 0. The largest absolute Gasteiger partial charge is 1.00 e. The van der Waals surface area contributed by atoms with E-state index in [2.05, 4.69) is 22.5 Å². The van der Waals surface area contributed by atoms with Crippen LogP contribution in [0.4, 0.5) is 0 Å². The van der Waals surface area contributed by atoms with Gasteiger partial charge >= 0.3 is 29.6 Å². The molecule has 0 saturated heterocycles. The van der Waals surface area contributed by atoms with Gasteiger partial charge in [0, 0.05) is 4.32 Å². The summed E-state index contributed by atoms with van der Waals surface area (Å²) in [6, 6.07) is 0. The summed E-state index contributed by atoms with van der Waals surface area (Å²) in [4.78, 5) is 0. The summed E-state index contributed by atoms with van der Waals surface area (Å²) in [5.74, 6) is -0.826. The molecule has 11 heteroatoms. The van der Waals surface area contributed by atoms with Gasteiger partial charge in [-0.15, -0.1) is 17.0 Å². The molecular weight excluding hydrogens is 439 g/mol. The van der Waals surface area contributed by atoms with Crippen molar-refractivity contribution in [2.24, 2.45) is 0 Å². The van der Waals surface area contributed by atoms with Crippen molar-refractivity contribution >= 4 is 53.1 Å². The molecule has 0 N–H and O–H groups in total. The Bertz CT molecular complexity index is 452. The smallest absolute Gasteiger partial charge is 0.748 e. The molecule has 0 aliphatic rings. The van der Waals surface area contributed by atoms with Gasteiger partial charge in [0.05, 0.1) is 31.7 Å². The molecule has 0 aromatic heterocycles. The van der Waals surface area contributed by atoms with E-state index in [0.717, 1.165) is 0 Å². The second-order valence-corrected chi connectivity index (χ2v) is 9.03. The first kappa shape index (κ1) is 28.6. The van der Waals surface area contributed by atoms with Crippen LogP contribution in [0.1, 0.15) is 20.8 Å². The number of rotatable bonds is 4. The van der Waals surface area contributed by atoms with Crippen molar-refractivity contribution < 1.29 is 55.5 Å². The maximum Gasteiger partial charge on any atom is 1.00 e. The minimum Gasteiger partial charge on any atom is -0.748 e. The molecule has 0 unspecified atom stereocenters. The van der Waals surface area contributed by atoms with Crippen LogP contribution in [0.25, 0.3) is 0 Å². The van der Waals surface area contributed by atoms with E-state index in [9.17, 15) is 25.9 Å². The molecule has 0 rings (SSSR count). The molecule has 0 saturated carbocycles. The van der Waals surface area contributed by atoms with Crippen LogP contribution in [0.2, 0.25) is 0 Å². The molecule has 0 aliphatic carbocycles. The van der Waals surface area contributed by atoms with E-state index in [1.807, 2.05) is 0 Å². The predicted molar refractivity (Wildman–Crippen MR) is 77.3 cm³/mol. The average molecular weight is 455 g/mol. The zero-order chi connectivity index (χ0) is 14.5. The second-order valence-electron chi connectivity index (χ2n) is 4.08. The molecule has 0 bridgehead atoms. The van der Waals surface area contributed by atoms with Crippen LogP contribution >= 0.6 is 32.9 Å². The van der Waals surface area contributed by atoms with E-state index in [1.54, 1.807) is 13.8 Å². The Balaban J connectivity index is -0.000000108. The summed E-state index contributed by atoms with van der Waals surface area (Å²) in [7, 11) is -8.15. The third kappa shape index (κ3) is 38.2. The normalized spacial score (nSPS) is 11.3. The Morgan fingerprint density at radius 1 is 1.16 bits per heavy atom.